The van der Waals surface area contributed by atoms with Gasteiger partial charge in [0.2, 0.25) is 5.91 Å². The van der Waals surface area contributed by atoms with Gasteiger partial charge in [-0.05, 0) is 31.2 Å². The number of hydrogen-bond acceptors (Lipinski definition) is 5. The molecule has 0 aliphatic carbocycles. The number of nitriles is 1. The number of carbonyl (C=O) groups is 2. The molecule has 9 heteroatoms. The second-order valence-electron chi connectivity index (χ2n) is 5.10. The lowest BCUT2D eigenvalue weighted by Gasteiger charge is -2.14. The number of halogens is 2. The Morgan fingerprint density at radius 2 is 2.00 bits per heavy atom. The molecule has 6 nitrogen and oxygen atoms in total. The monoisotopic (exact) mass is 408 g/mol. The van der Waals surface area contributed by atoms with Gasteiger partial charge in [-0.3, -0.25) is 14.5 Å². The summed E-state index contributed by atoms with van der Waals surface area (Å²) in [7, 11) is 0. The van der Waals surface area contributed by atoms with Crippen LogP contribution in [-0.4, -0.2) is 23.3 Å². The summed E-state index contributed by atoms with van der Waals surface area (Å²) in [5.74, 6) is -0.743. The van der Waals surface area contributed by atoms with Gasteiger partial charge in [-0.15, -0.1) is 11.3 Å². The molecule has 1 N–H and O–H groups in total. The van der Waals surface area contributed by atoms with Crippen LogP contribution in [0.3, 0.4) is 0 Å². The van der Waals surface area contributed by atoms with Crippen LogP contribution < -0.4 is 10.2 Å². The van der Waals surface area contributed by atoms with Crippen molar-refractivity contribution in [2.24, 2.45) is 0 Å². The molecule has 0 unspecified atom stereocenters. The highest BCUT2D eigenvalue weighted by Gasteiger charge is 2.15. The summed E-state index contributed by atoms with van der Waals surface area (Å²) in [5, 5.41) is 14.7. The van der Waals surface area contributed by atoms with Crippen molar-refractivity contribution in [2.45, 2.75) is 13.8 Å². The number of hydrogen-bond donors (Lipinski definition) is 1. The summed E-state index contributed by atoms with van der Waals surface area (Å²) in [6.07, 6.45) is 1.36. The van der Waals surface area contributed by atoms with Crippen LogP contribution in [0.25, 0.3) is 6.08 Å². The third-order valence-corrected chi connectivity index (χ3v) is 4.53. The molecule has 2 amide bonds. The molecular formula is C17H14Cl2N4O2S. The van der Waals surface area contributed by atoms with Crippen LogP contribution >= 0.6 is 34.5 Å². The molecule has 26 heavy (non-hydrogen) atoms. The minimum atomic E-state index is -0.612. The molecule has 0 aliphatic heterocycles. The molecule has 1 aromatic heterocycles. The number of nitrogens with one attached hydrogen (secondary N) is 1. The maximum absolute atomic E-state index is 12.3. The maximum Gasteiger partial charge on any atom is 0.266 e. The van der Waals surface area contributed by atoms with Crippen molar-refractivity contribution in [2.75, 3.05) is 16.8 Å². The first-order valence-corrected chi connectivity index (χ1v) is 9.10. The van der Waals surface area contributed by atoms with Crippen molar-refractivity contribution in [3.63, 3.8) is 0 Å². The van der Waals surface area contributed by atoms with Crippen LogP contribution in [0.15, 0.2) is 29.2 Å². The van der Waals surface area contributed by atoms with Crippen molar-refractivity contribution < 1.29 is 9.59 Å². The van der Waals surface area contributed by atoms with Gasteiger partial charge >= 0.3 is 0 Å². The number of benzene rings is 1. The zero-order valence-corrected chi connectivity index (χ0v) is 16.2. The van der Waals surface area contributed by atoms with Crippen LogP contribution in [0.2, 0.25) is 10.0 Å². The molecule has 0 bridgehead atoms. The number of rotatable bonds is 5. The van der Waals surface area contributed by atoms with Gasteiger partial charge in [-0.2, -0.15) is 5.26 Å². The van der Waals surface area contributed by atoms with Gasteiger partial charge in [-0.25, -0.2) is 4.98 Å². The second kappa shape index (κ2) is 8.81. The molecule has 0 spiro atoms. The van der Waals surface area contributed by atoms with Crippen molar-refractivity contribution in [1.82, 2.24) is 4.98 Å². The molecule has 2 aromatic rings. The van der Waals surface area contributed by atoms with E-state index in [2.05, 4.69) is 10.3 Å². The Balaban J connectivity index is 2.22. The number of thiazole rings is 1. The Kier molecular flexibility index (Phi) is 6.75. The average Bonchev–Trinajstić information content (AvgIpc) is 3.00. The van der Waals surface area contributed by atoms with Gasteiger partial charge in [0.15, 0.2) is 5.13 Å². The van der Waals surface area contributed by atoms with Gasteiger partial charge < -0.3 is 5.32 Å². The highest BCUT2D eigenvalue weighted by Crippen LogP contribution is 2.24. The number of amides is 2. The average molecular weight is 409 g/mol. The van der Waals surface area contributed by atoms with E-state index in [1.165, 1.54) is 47.4 Å². The summed E-state index contributed by atoms with van der Waals surface area (Å²) in [5.41, 5.74) is 0.658. The topological polar surface area (TPSA) is 86.1 Å². The zero-order valence-electron chi connectivity index (χ0n) is 13.9. The van der Waals surface area contributed by atoms with Gasteiger partial charge in [0, 0.05) is 34.6 Å². The lowest BCUT2D eigenvalue weighted by Crippen LogP contribution is -2.27. The van der Waals surface area contributed by atoms with E-state index in [4.69, 9.17) is 23.2 Å². The number of aromatic nitrogens is 1. The molecule has 1 aromatic carbocycles. The third kappa shape index (κ3) is 5.05. The molecule has 0 atom stereocenters. The lowest BCUT2D eigenvalue weighted by atomic mass is 10.2. The maximum atomic E-state index is 12.3. The number of anilines is 2. The highest BCUT2D eigenvalue weighted by molar-refractivity contribution is 7.14. The van der Waals surface area contributed by atoms with E-state index in [1.807, 2.05) is 13.0 Å². The molecule has 0 fully saturated rings. The lowest BCUT2D eigenvalue weighted by molar-refractivity contribution is -0.116. The minimum absolute atomic E-state index is 0.131. The Labute approximate surface area is 164 Å². The first kappa shape index (κ1) is 19.9. The predicted molar refractivity (Wildman–Crippen MR) is 104 cm³/mol. The zero-order chi connectivity index (χ0) is 19.3. The number of nitrogens with zero attached hydrogens (tertiary/aromatic N) is 3. The van der Waals surface area contributed by atoms with Crippen LogP contribution in [0, 0.1) is 11.3 Å². The van der Waals surface area contributed by atoms with Crippen LogP contribution in [0.1, 0.15) is 19.5 Å². The minimum Gasteiger partial charge on any atom is -0.321 e. The fourth-order valence-electron chi connectivity index (χ4n) is 2.08. The fraction of sp³-hybridized carbons (Fsp3) is 0.176. The summed E-state index contributed by atoms with van der Waals surface area (Å²) < 4.78 is 0. The SMILES string of the molecule is CCN(C(C)=O)c1nc(/C=C(\C#N)C(=O)Nc2cc(Cl)cc(Cl)c2)cs1. The van der Waals surface area contributed by atoms with Gasteiger partial charge in [0.1, 0.15) is 11.6 Å². The molecule has 0 aliphatic rings. The van der Waals surface area contributed by atoms with Crippen LogP contribution in [-0.2, 0) is 9.59 Å². The quantitative estimate of drug-likeness (QED) is 0.587. The first-order valence-electron chi connectivity index (χ1n) is 7.47. The smallest absolute Gasteiger partial charge is 0.266 e. The molecule has 0 saturated carbocycles. The molecule has 0 radical (unpaired) electrons. The van der Waals surface area contributed by atoms with Crippen LogP contribution in [0.5, 0.6) is 0 Å². The first-order chi connectivity index (χ1) is 12.3. The molecule has 2 rings (SSSR count). The largest absolute Gasteiger partial charge is 0.321 e. The van der Waals surface area contributed by atoms with Crippen molar-refractivity contribution >= 4 is 63.2 Å². The molecular weight excluding hydrogens is 395 g/mol. The Morgan fingerprint density at radius 3 is 2.54 bits per heavy atom. The van der Waals surface area contributed by atoms with E-state index in [0.717, 1.165) is 0 Å². The highest BCUT2D eigenvalue weighted by atomic mass is 35.5. The van der Waals surface area contributed by atoms with E-state index in [-0.39, 0.29) is 11.5 Å². The summed E-state index contributed by atoms with van der Waals surface area (Å²) >= 11 is 13.0. The molecule has 134 valence electrons. The summed E-state index contributed by atoms with van der Waals surface area (Å²) in [6.45, 7) is 3.76. The molecule has 1 heterocycles. The van der Waals surface area contributed by atoms with Gasteiger partial charge in [-0.1, -0.05) is 23.2 Å². The van der Waals surface area contributed by atoms with E-state index in [0.29, 0.717) is 33.1 Å². The molecule has 0 saturated heterocycles. The summed E-state index contributed by atoms with van der Waals surface area (Å²) in [6, 6.07) is 6.42. The predicted octanol–water partition coefficient (Wildman–Crippen LogP) is 4.37. The Bertz CT molecular complexity index is 897. The standard InChI is InChI=1S/C17H14Cl2N4O2S/c1-3-23(10(2)24)17-22-15(9-26-17)4-11(8-20)16(25)21-14-6-12(18)5-13(19)7-14/h4-7,9H,3H2,1-2H3,(H,21,25)/b11-4+. The van der Waals surface area contributed by atoms with E-state index in [9.17, 15) is 14.9 Å². The third-order valence-electron chi connectivity index (χ3n) is 3.21. The van der Waals surface area contributed by atoms with E-state index in [1.54, 1.807) is 5.38 Å². The van der Waals surface area contributed by atoms with Gasteiger partial charge in [0.25, 0.3) is 5.91 Å². The van der Waals surface area contributed by atoms with E-state index < -0.39 is 5.91 Å². The van der Waals surface area contributed by atoms with Crippen LogP contribution in [0.4, 0.5) is 10.8 Å². The Morgan fingerprint density at radius 1 is 1.35 bits per heavy atom. The summed E-state index contributed by atoms with van der Waals surface area (Å²) in [4.78, 5) is 29.7. The van der Waals surface area contributed by atoms with Crippen molar-refractivity contribution in [3.05, 3.63) is 44.9 Å². The second-order valence-corrected chi connectivity index (χ2v) is 6.81. The van der Waals surface area contributed by atoms with Crippen molar-refractivity contribution in [3.8, 4) is 6.07 Å². The van der Waals surface area contributed by atoms with E-state index >= 15 is 0 Å². The normalized spacial score (nSPS) is 11.0. The number of carbonyl (C=O) groups excluding carboxylic acids is 2. The Hall–Kier alpha value is -2.40. The fourth-order valence-corrected chi connectivity index (χ4v) is 3.50. The van der Waals surface area contributed by atoms with Gasteiger partial charge in [0.05, 0.1) is 5.69 Å². The van der Waals surface area contributed by atoms with Crippen molar-refractivity contribution in [1.29, 1.82) is 5.26 Å².